The maximum atomic E-state index is 11.5. The standard InChI is InChI=1S/C14H19NO5/c1-2-6-11(16)12(13(17)18)15-14(19)20-9-10-7-4-3-5-8-10/h3-5,7-8,11-12,16H,2,6,9H2,1H3,(H,15,19)(H,17,18)/t11-,12+/m0/s1. The fourth-order valence-corrected chi connectivity index (χ4v) is 1.68. The molecule has 0 spiro atoms. The molecular weight excluding hydrogens is 262 g/mol. The van der Waals surface area contributed by atoms with Gasteiger partial charge in [-0.25, -0.2) is 9.59 Å². The van der Waals surface area contributed by atoms with E-state index in [1.54, 1.807) is 12.1 Å². The molecule has 1 amide bonds. The Labute approximate surface area is 117 Å². The van der Waals surface area contributed by atoms with Gasteiger partial charge in [-0.1, -0.05) is 43.7 Å². The summed E-state index contributed by atoms with van der Waals surface area (Å²) in [6.07, 6.45) is -1.10. The van der Waals surface area contributed by atoms with Crippen LogP contribution in [-0.2, 0) is 16.1 Å². The summed E-state index contributed by atoms with van der Waals surface area (Å²) in [7, 11) is 0. The summed E-state index contributed by atoms with van der Waals surface area (Å²) in [5.41, 5.74) is 0.795. The van der Waals surface area contributed by atoms with Crippen molar-refractivity contribution in [2.24, 2.45) is 0 Å². The Balaban J connectivity index is 2.48. The van der Waals surface area contributed by atoms with Crippen molar-refractivity contribution in [2.45, 2.75) is 38.5 Å². The minimum atomic E-state index is -1.36. The van der Waals surface area contributed by atoms with E-state index in [1.807, 2.05) is 25.1 Å². The predicted octanol–water partition coefficient (Wildman–Crippen LogP) is 1.53. The molecule has 0 saturated carbocycles. The number of alkyl carbamates (subject to hydrolysis) is 1. The van der Waals surface area contributed by atoms with Gasteiger partial charge in [-0.15, -0.1) is 0 Å². The molecule has 0 heterocycles. The second kappa shape index (κ2) is 8.16. The number of hydrogen-bond donors (Lipinski definition) is 3. The van der Waals surface area contributed by atoms with Crippen LogP contribution in [0.15, 0.2) is 30.3 Å². The normalized spacial score (nSPS) is 13.3. The second-order valence-electron chi connectivity index (χ2n) is 4.38. The number of aliphatic hydroxyl groups is 1. The SMILES string of the molecule is CCC[C@H](O)[C@@H](NC(=O)OCc1ccccc1)C(=O)O. The van der Waals surface area contributed by atoms with E-state index in [9.17, 15) is 14.7 Å². The van der Waals surface area contributed by atoms with E-state index in [1.165, 1.54) is 0 Å². The van der Waals surface area contributed by atoms with E-state index in [0.29, 0.717) is 6.42 Å². The van der Waals surface area contributed by atoms with Crippen molar-refractivity contribution in [3.63, 3.8) is 0 Å². The van der Waals surface area contributed by atoms with E-state index in [-0.39, 0.29) is 13.0 Å². The van der Waals surface area contributed by atoms with E-state index in [4.69, 9.17) is 9.84 Å². The minimum absolute atomic E-state index is 0.0445. The molecule has 2 atom stereocenters. The highest BCUT2D eigenvalue weighted by Gasteiger charge is 2.28. The lowest BCUT2D eigenvalue weighted by atomic mass is 10.1. The van der Waals surface area contributed by atoms with E-state index < -0.39 is 24.2 Å². The number of carboxylic acids is 1. The van der Waals surface area contributed by atoms with Gasteiger partial charge in [0.25, 0.3) is 0 Å². The van der Waals surface area contributed by atoms with Crippen LogP contribution in [0.25, 0.3) is 0 Å². The lowest BCUT2D eigenvalue weighted by molar-refractivity contribution is -0.142. The van der Waals surface area contributed by atoms with Gasteiger partial charge in [0.2, 0.25) is 0 Å². The number of carbonyl (C=O) groups excluding carboxylic acids is 1. The fourth-order valence-electron chi connectivity index (χ4n) is 1.68. The maximum Gasteiger partial charge on any atom is 0.408 e. The Morgan fingerprint density at radius 2 is 1.95 bits per heavy atom. The lowest BCUT2D eigenvalue weighted by Gasteiger charge is -2.19. The quantitative estimate of drug-likeness (QED) is 0.704. The summed E-state index contributed by atoms with van der Waals surface area (Å²) in [4.78, 5) is 22.5. The first-order valence-corrected chi connectivity index (χ1v) is 6.42. The van der Waals surface area contributed by atoms with Crippen LogP contribution in [0.2, 0.25) is 0 Å². The van der Waals surface area contributed by atoms with Crippen molar-refractivity contribution in [3.8, 4) is 0 Å². The summed E-state index contributed by atoms with van der Waals surface area (Å²) >= 11 is 0. The molecule has 1 rings (SSSR count). The molecule has 3 N–H and O–H groups in total. The number of benzene rings is 1. The minimum Gasteiger partial charge on any atom is -0.480 e. The number of ether oxygens (including phenoxy) is 1. The van der Waals surface area contributed by atoms with Gasteiger partial charge in [-0.05, 0) is 12.0 Å². The molecule has 20 heavy (non-hydrogen) atoms. The molecule has 1 aromatic rings. The van der Waals surface area contributed by atoms with E-state index >= 15 is 0 Å². The highest BCUT2D eigenvalue weighted by Crippen LogP contribution is 2.05. The lowest BCUT2D eigenvalue weighted by Crippen LogP contribution is -2.48. The summed E-state index contributed by atoms with van der Waals surface area (Å²) in [6.45, 7) is 1.86. The zero-order valence-corrected chi connectivity index (χ0v) is 11.3. The first-order valence-electron chi connectivity index (χ1n) is 6.42. The Morgan fingerprint density at radius 1 is 1.30 bits per heavy atom. The molecule has 0 bridgehead atoms. The first kappa shape index (κ1) is 16.0. The average molecular weight is 281 g/mol. The Kier molecular flexibility index (Phi) is 6.52. The van der Waals surface area contributed by atoms with Crippen LogP contribution in [0.1, 0.15) is 25.3 Å². The van der Waals surface area contributed by atoms with Gasteiger partial charge in [0.15, 0.2) is 6.04 Å². The molecular formula is C14H19NO5. The number of carboxylic acid groups (broad SMARTS) is 1. The molecule has 110 valence electrons. The second-order valence-corrected chi connectivity index (χ2v) is 4.38. The van der Waals surface area contributed by atoms with Crippen LogP contribution in [0.4, 0.5) is 4.79 Å². The van der Waals surface area contributed by atoms with Gasteiger partial charge in [0, 0.05) is 0 Å². The van der Waals surface area contributed by atoms with Gasteiger partial charge in [0.1, 0.15) is 6.61 Å². The van der Waals surface area contributed by atoms with Crippen molar-refractivity contribution < 1.29 is 24.5 Å². The van der Waals surface area contributed by atoms with Crippen molar-refractivity contribution in [1.29, 1.82) is 0 Å². The molecule has 0 aliphatic heterocycles. The number of rotatable bonds is 7. The molecule has 0 aromatic heterocycles. The average Bonchev–Trinajstić information content (AvgIpc) is 2.43. The van der Waals surface area contributed by atoms with Crippen LogP contribution < -0.4 is 5.32 Å². The van der Waals surface area contributed by atoms with Crippen LogP contribution in [0.3, 0.4) is 0 Å². The molecule has 6 nitrogen and oxygen atoms in total. The number of hydrogen-bond acceptors (Lipinski definition) is 4. The van der Waals surface area contributed by atoms with Gasteiger partial charge >= 0.3 is 12.1 Å². The number of carbonyl (C=O) groups is 2. The van der Waals surface area contributed by atoms with E-state index in [0.717, 1.165) is 5.56 Å². The van der Waals surface area contributed by atoms with Gasteiger partial charge < -0.3 is 20.3 Å². The third-order valence-electron chi connectivity index (χ3n) is 2.72. The fraction of sp³-hybridized carbons (Fsp3) is 0.429. The van der Waals surface area contributed by atoms with Crippen molar-refractivity contribution >= 4 is 12.1 Å². The van der Waals surface area contributed by atoms with Crippen molar-refractivity contribution in [1.82, 2.24) is 5.32 Å². The molecule has 0 aliphatic carbocycles. The molecule has 0 radical (unpaired) electrons. The van der Waals surface area contributed by atoms with Gasteiger partial charge in [-0.3, -0.25) is 0 Å². The van der Waals surface area contributed by atoms with E-state index in [2.05, 4.69) is 5.32 Å². The Bertz CT molecular complexity index is 434. The highest BCUT2D eigenvalue weighted by atomic mass is 16.5. The van der Waals surface area contributed by atoms with Crippen LogP contribution in [0, 0.1) is 0 Å². The summed E-state index contributed by atoms with van der Waals surface area (Å²) < 4.78 is 4.91. The zero-order chi connectivity index (χ0) is 15.0. The molecule has 0 fully saturated rings. The summed E-state index contributed by atoms with van der Waals surface area (Å²) in [5.74, 6) is -1.29. The van der Waals surface area contributed by atoms with Crippen LogP contribution in [-0.4, -0.2) is 34.4 Å². The number of aliphatic hydroxyl groups excluding tert-OH is 1. The zero-order valence-electron chi connectivity index (χ0n) is 11.3. The number of amides is 1. The monoisotopic (exact) mass is 281 g/mol. The molecule has 6 heteroatoms. The van der Waals surface area contributed by atoms with Gasteiger partial charge in [0.05, 0.1) is 6.10 Å². The molecule has 0 unspecified atom stereocenters. The maximum absolute atomic E-state index is 11.5. The third-order valence-corrected chi connectivity index (χ3v) is 2.72. The summed E-state index contributed by atoms with van der Waals surface area (Å²) in [6, 6.07) is 7.66. The third kappa shape index (κ3) is 5.27. The topological polar surface area (TPSA) is 95.9 Å². The smallest absolute Gasteiger partial charge is 0.408 e. The number of nitrogens with one attached hydrogen (secondary N) is 1. The van der Waals surface area contributed by atoms with Crippen molar-refractivity contribution in [2.75, 3.05) is 0 Å². The molecule has 1 aromatic carbocycles. The molecule has 0 saturated heterocycles. The molecule has 0 aliphatic rings. The predicted molar refractivity (Wildman–Crippen MR) is 72.1 cm³/mol. The number of aliphatic carboxylic acids is 1. The van der Waals surface area contributed by atoms with Crippen molar-refractivity contribution in [3.05, 3.63) is 35.9 Å². The van der Waals surface area contributed by atoms with Crippen LogP contribution in [0.5, 0.6) is 0 Å². The largest absolute Gasteiger partial charge is 0.480 e. The van der Waals surface area contributed by atoms with Gasteiger partial charge in [-0.2, -0.15) is 0 Å². The highest BCUT2D eigenvalue weighted by molar-refractivity contribution is 5.80. The Morgan fingerprint density at radius 3 is 2.50 bits per heavy atom. The summed E-state index contributed by atoms with van der Waals surface area (Å²) in [5, 5.41) is 20.8. The Hall–Kier alpha value is -2.08. The first-order chi connectivity index (χ1) is 9.54. The van der Waals surface area contributed by atoms with Crippen LogP contribution >= 0.6 is 0 Å².